The van der Waals surface area contributed by atoms with Gasteiger partial charge in [-0.2, -0.15) is 46.8 Å². The molecule has 0 aliphatic rings. The van der Waals surface area contributed by atoms with E-state index in [0.29, 0.717) is 77.9 Å². The number of ether oxygens (including phenoxy) is 2. The van der Waals surface area contributed by atoms with Crippen LogP contribution in [0.15, 0.2) is 154 Å². The minimum Gasteiger partial charge on any atom is -0.455 e. The molecule has 0 fully saturated rings. The molecule has 0 atom stereocenters. The summed E-state index contributed by atoms with van der Waals surface area (Å²) < 4.78 is 93.5. The minimum absolute atomic E-state index is 0.124. The van der Waals surface area contributed by atoms with Crippen molar-refractivity contribution in [3.8, 4) is 23.0 Å². The standard InChI is InChI=1S/C51H41Cl5F6N8O2/c1-30-22-43(64-19-21-68-70-45-24-32(3-15-40(45)55)29-66-47-26-34(51(60,61)62)5-17-49(47)72-38-12-8-36(53)9-13-38)41(56)27-42(30)63-18-20-67-69-44-23-31(2-14-39(44)54)28-65-46-25-33(50(57,58)59)4-16-48(46)71-37-10-6-35(52)7-11-37/h2-17,22-27,63-66H,18-21,28-29H2,1H3. The molecule has 72 heavy (non-hydrogen) atoms. The highest BCUT2D eigenvalue weighted by Crippen LogP contribution is 2.40. The smallest absolute Gasteiger partial charge is 0.416 e. The Labute approximate surface area is 435 Å². The van der Waals surface area contributed by atoms with Gasteiger partial charge in [-0.3, -0.25) is 0 Å². The Morgan fingerprint density at radius 3 is 1.31 bits per heavy atom. The normalized spacial score (nSPS) is 11.8. The summed E-state index contributed by atoms with van der Waals surface area (Å²) in [6.45, 7) is 3.49. The number of nitrogens with one attached hydrogen (secondary N) is 4. The topological polar surface area (TPSA) is 116 Å². The van der Waals surface area contributed by atoms with Gasteiger partial charge in [0.2, 0.25) is 0 Å². The van der Waals surface area contributed by atoms with Crippen LogP contribution in [0, 0.1) is 6.92 Å². The number of halogens is 11. The van der Waals surface area contributed by atoms with Gasteiger partial charge in [-0.25, -0.2) is 0 Å². The molecule has 4 N–H and O–H groups in total. The van der Waals surface area contributed by atoms with Crippen molar-refractivity contribution in [3.05, 3.63) is 186 Å². The maximum absolute atomic E-state index is 13.6. The molecule has 0 spiro atoms. The lowest BCUT2D eigenvalue weighted by Gasteiger charge is -2.16. The number of rotatable bonds is 20. The third-order valence-corrected chi connectivity index (χ3v) is 11.9. The molecule has 0 heterocycles. The third-order valence-electron chi connectivity index (χ3n) is 10.4. The molecule has 0 unspecified atom stereocenters. The number of anilines is 4. The molecular formula is C51H41Cl5F6N8O2. The average molecular weight is 1090 g/mol. The monoisotopic (exact) mass is 1090 g/mol. The zero-order valence-corrected chi connectivity index (χ0v) is 41.5. The number of azo groups is 2. The number of hydrogen-bond donors (Lipinski definition) is 4. The van der Waals surface area contributed by atoms with Crippen molar-refractivity contribution in [2.24, 2.45) is 20.5 Å². The number of nitrogens with zero attached hydrogens (tertiary/aromatic N) is 4. The summed E-state index contributed by atoms with van der Waals surface area (Å²) in [5, 5.41) is 31.9. The van der Waals surface area contributed by atoms with Crippen LogP contribution in [0.2, 0.25) is 25.1 Å². The van der Waals surface area contributed by atoms with Gasteiger partial charge in [0.15, 0.2) is 11.5 Å². The van der Waals surface area contributed by atoms with Crippen molar-refractivity contribution < 1.29 is 35.8 Å². The van der Waals surface area contributed by atoms with Crippen molar-refractivity contribution in [1.82, 2.24) is 0 Å². The lowest BCUT2D eigenvalue weighted by Crippen LogP contribution is -2.08. The van der Waals surface area contributed by atoms with Crippen LogP contribution in [-0.2, 0) is 25.4 Å². The highest BCUT2D eigenvalue weighted by atomic mass is 35.5. The molecule has 7 aromatic rings. The predicted octanol–water partition coefficient (Wildman–Crippen LogP) is 18.5. The summed E-state index contributed by atoms with van der Waals surface area (Å²) in [6.07, 6.45) is -9.13. The Kier molecular flexibility index (Phi) is 18.0. The molecule has 0 aliphatic carbocycles. The van der Waals surface area contributed by atoms with E-state index < -0.39 is 23.5 Å². The predicted molar refractivity (Wildman–Crippen MR) is 275 cm³/mol. The van der Waals surface area contributed by atoms with Crippen molar-refractivity contribution in [1.29, 1.82) is 0 Å². The average Bonchev–Trinajstić information content (AvgIpc) is 3.34. The van der Waals surface area contributed by atoms with E-state index >= 15 is 0 Å². The summed E-state index contributed by atoms with van der Waals surface area (Å²) >= 11 is 31.4. The van der Waals surface area contributed by atoms with Crippen LogP contribution in [-0.4, -0.2) is 26.2 Å². The summed E-state index contributed by atoms with van der Waals surface area (Å²) in [5.41, 5.74) is 3.05. The molecular weight excluding hydrogens is 1050 g/mol. The van der Waals surface area contributed by atoms with Gasteiger partial charge in [-0.05, 0) is 145 Å². The highest BCUT2D eigenvalue weighted by Gasteiger charge is 2.32. The fourth-order valence-corrected chi connectivity index (χ4v) is 7.54. The number of hydrogen-bond acceptors (Lipinski definition) is 10. The van der Waals surface area contributed by atoms with E-state index in [0.717, 1.165) is 35.5 Å². The maximum atomic E-state index is 13.6. The molecule has 0 radical (unpaired) electrons. The molecule has 0 saturated carbocycles. The van der Waals surface area contributed by atoms with E-state index in [-0.39, 0.29) is 49.1 Å². The first-order valence-electron chi connectivity index (χ1n) is 21.7. The maximum Gasteiger partial charge on any atom is 0.416 e. The van der Waals surface area contributed by atoms with Gasteiger partial charge in [0, 0.05) is 41.9 Å². The molecule has 21 heteroatoms. The van der Waals surface area contributed by atoms with E-state index in [2.05, 4.69) is 41.7 Å². The quantitative estimate of drug-likeness (QED) is 0.0343. The van der Waals surface area contributed by atoms with Crippen molar-refractivity contribution in [3.63, 3.8) is 0 Å². The Morgan fingerprint density at radius 1 is 0.444 bits per heavy atom. The molecule has 7 rings (SSSR count). The van der Waals surface area contributed by atoms with E-state index in [1.54, 1.807) is 91.0 Å². The van der Waals surface area contributed by atoms with Gasteiger partial charge in [0.25, 0.3) is 0 Å². The van der Waals surface area contributed by atoms with E-state index in [1.165, 1.54) is 12.1 Å². The van der Waals surface area contributed by atoms with Gasteiger partial charge in [0.1, 0.15) is 22.9 Å². The van der Waals surface area contributed by atoms with Gasteiger partial charge >= 0.3 is 12.4 Å². The summed E-state index contributed by atoms with van der Waals surface area (Å²) in [4.78, 5) is 0. The first-order chi connectivity index (χ1) is 34.4. The third kappa shape index (κ3) is 15.3. The van der Waals surface area contributed by atoms with Crippen LogP contribution in [0.5, 0.6) is 23.0 Å². The van der Waals surface area contributed by atoms with Crippen LogP contribution in [0.4, 0.5) is 60.5 Å². The Bertz CT molecular complexity index is 2850. The molecule has 0 amide bonds. The lowest BCUT2D eigenvalue weighted by molar-refractivity contribution is -0.138. The van der Waals surface area contributed by atoms with Crippen LogP contribution >= 0.6 is 58.0 Å². The zero-order valence-electron chi connectivity index (χ0n) is 37.7. The van der Waals surface area contributed by atoms with Crippen molar-refractivity contribution in [2.75, 3.05) is 47.4 Å². The van der Waals surface area contributed by atoms with Gasteiger partial charge in [0.05, 0.1) is 56.3 Å². The molecule has 0 bridgehead atoms. The number of benzene rings is 7. The first-order valence-corrected chi connectivity index (χ1v) is 23.6. The summed E-state index contributed by atoms with van der Waals surface area (Å²) in [7, 11) is 0. The van der Waals surface area contributed by atoms with E-state index in [4.69, 9.17) is 67.5 Å². The van der Waals surface area contributed by atoms with Crippen molar-refractivity contribution in [2.45, 2.75) is 32.4 Å². The van der Waals surface area contributed by atoms with E-state index in [9.17, 15) is 26.3 Å². The minimum atomic E-state index is -4.56. The van der Waals surface area contributed by atoms with Crippen LogP contribution in [0.3, 0.4) is 0 Å². The fourth-order valence-electron chi connectivity index (χ4n) is 6.75. The molecule has 0 saturated heterocycles. The summed E-state index contributed by atoms with van der Waals surface area (Å²) in [5.74, 6) is 1.17. The molecule has 7 aromatic carbocycles. The van der Waals surface area contributed by atoms with Crippen LogP contribution in [0.25, 0.3) is 0 Å². The Morgan fingerprint density at radius 2 is 0.875 bits per heavy atom. The molecule has 0 aromatic heterocycles. The SMILES string of the molecule is Cc1cc(NCCN=Nc2cc(CNc3cc(C(F)(F)F)ccc3Oc3ccc(Cl)cc3)ccc2Cl)c(Cl)cc1NCCN=Nc1cc(CNc2cc(C(F)(F)F)ccc2Oc2ccc(Cl)cc2)ccc1Cl. The second kappa shape index (κ2) is 24.3. The van der Waals surface area contributed by atoms with Crippen LogP contribution in [0.1, 0.15) is 27.8 Å². The first kappa shape index (κ1) is 53.4. The second-order valence-corrected chi connectivity index (χ2v) is 17.8. The molecule has 374 valence electrons. The molecule has 0 aliphatic heterocycles. The summed E-state index contributed by atoms with van der Waals surface area (Å²) in [6, 6.07) is 33.0. The number of alkyl halides is 6. The Hall–Kier alpha value is -6.43. The largest absolute Gasteiger partial charge is 0.455 e. The van der Waals surface area contributed by atoms with Gasteiger partial charge < -0.3 is 30.7 Å². The Balaban J connectivity index is 0.884. The van der Waals surface area contributed by atoms with Crippen LogP contribution < -0.4 is 30.7 Å². The highest BCUT2D eigenvalue weighted by molar-refractivity contribution is 6.34. The van der Waals surface area contributed by atoms with Gasteiger partial charge in [-0.1, -0.05) is 70.1 Å². The number of aryl methyl sites for hydroxylation is 1. The van der Waals surface area contributed by atoms with Gasteiger partial charge in [-0.15, -0.1) is 0 Å². The fraction of sp³-hybridized carbons (Fsp3) is 0.176. The second-order valence-electron chi connectivity index (χ2n) is 15.7. The van der Waals surface area contributed by atoms with E-state index in [1.807, 2.05) is 13.0 Å². The molecule has 10 nitrogen and oxygen atoms in total. The van der Waals surface area contributed by atoms with Crippen molar-refractivity contribution >= 4 is 92.1 Å². The lowest BCUT2D eigenvalue weighted by atomic mass is 10.1. The zero-order chi connectivity index (χ0) is 51.4.